The summed E-state index contributed by atoms with van der Waals surface area (Å²) in [4.78, 5) is 11.3. The predicted octanol–water partition coefficient (Wildman–Crippen LogP) is 3.28. The lowest BCUT2D eigenvalue weighted by atomic mass is 9.90. The van der Waals surface area contributed by atoms with E-state index in [-0.39, 0.29) is 11.1 Å². The molecule has 1 fully saturated rings. The van der Waals surface area contributed by atoms with E-state index >= 15 is 0 Å². The molecule has 3 nitrogen and oxygen atoms in total. The van der Waals surface area contributed by atoms with E-state index < -0.39 is 11.7 Å². The summed E-state index contributed by atoms with van der Waals surface area (Å²) >= 11 is 0. The van der Waals surface area contributed by atoms with Crippen LogP contribution in [0, 0.1) is 5.82 Å². The van der Waals surface area contributed by atoms with Crippen molar-refractivity contribution in [3.63, 3.8) is 0 Å². The van der Waals surface area contributed by atoms with Gasteiger partial charge in [-0.05, 0) is 49.9 Å². The van der Waals surface area contributed by atoms with Gasteiger partial charge in [-0.25, -0.2) is 4.39 Å². The summed E-state index contributed by atoms with van der Waals surface area (Å²) in [7, 11) is 0. The van der Waals surface area contributed by atoms with Crippen LogP contribution in [0.25, 0.3) is 11.1 Å². The first kappa shape index (κ1) is 15.7. The van der Waals surface area contributed by atoms with Gasteiger partial charge in [0.2, 0.25) is 0 Å². The van der Waals surface area contributed by atoms with E-state index in [1.54, 1.807) is 12.1 Å². The molecule has 1 saturated heterocycles. The molecule has 0 radical (unpaired) electrons. The summed E-state index contributed by atoms with van der Waals surface area (Å²) in [6.45, 7) is 3.27. The second kappa shape index (κ2) is 6.13. The quantitative estimate of drug-likeness (QED) is 0.910. The SMILES string of the molecule is CC1(Cc2cccc(-c3cccc(C(N)=O)c3F)c2)CCCN1. The minimum Gasteiger partial charge on any atom is -0.366 e. The number of benzene rings is 2. The van der Waals surface area contributed by atoms with E-state index in [4.69, 9.17) is 5.73 Å². The lowest BCUT2D eigenvalue weighted by Crippen LogP contribution is -2.38. The van der Waals surface area contributed by atoms with Gasteiger partial charge in [-0.1, -0.05) is 36.4 Å². The molecule has 1 heterocycles. The summed E-state index contributed by atoms with van der Waals surface area (Å²) in [6.07, 6.45) is 3.23. The molecule has 2 aromatic carbocycles. The third-order valence-corrected chi connectivity index (χ3v) is 4.55. The zero-order chi connectivity index (χ0) is 16.4. The number of rotatable bonds is 4. The maximum atomic E-state index is 14.5. The van der Waals surface area contributed by atoms with Crippen molar-refractivity contribution >= 4 is 5.91 Å². The van der Waals surface area contributed by atoms with E-state index in [0.717, 1.165) is 30.5 Å². The average molecular weight is 312 g/mol. The molecule has 1 amide bonds. The second-order valence-electron chi connectivity index (χ2n) is 6.50. The van der Waals surface area contributed by atoms with Gasteiger partial charge < -0.3 is 11.1 Å². The molecule has 0 aliphatic carbocycles. The smallest absolute Gasteiger partial charge is 0.251 e. The first-order chi connectivity index (χ1) is 11.0. The van der Waals surface area contributed by atoms with Crippen molar-refractivity contribution in [1.29, 1.82) is 0 Å². The second-order valence-corrected chi connectivity index (χ2v) is 6.50. The number of primary amides is 1. The normalized spacial score (nSPS) is 20.6. The van der Waals surface area contributed by atoms with Crippen LogP contribution in [0.2, 0.25) is 0 Å². The molecule has 3 N–H and O–H groups in total. The third kappa shape index (κ3) is 3.27. The fraction of sp³-hybridized carbons (Fsp3) is 0.316. The zero-order valence-corrected chi connectivity index (χ0v) is 13.2. The molecule has 4 heteroatoms. The lowest BCUT2D eigenvalue weighted by Gasteiger charge is -2.24. The topological polar surface area (TPSA) is 55.1 Å². The summed E-state index contributed by atoms with van der Waals surface area (Å²) < 4.78 is 14.5. The van der Waals surface area contributed by atoms with Crippen LogP contribution >= 0.6 is 0 Å². The summed E-state index contributed by atoms with van der Waals surface area (Å²) in [5.41, 5.74) is 7.60. The molecule has 23 heavy (non-hydrogen) atoms. The minimum atomic E-state index is -0.747. The monoisotopic (exact) mass is 312 g/mol. The van der Waals surface area contributed by atoms with Gasteiger partial charge in [-0.3, -0.25) is 4.79 Å². The Labute approximate surface area is 135 Å². The number of halogens is 1. The first-order valence-electron chi connectivity index (χ1n) is 7.91. The highest BCUT2D eigenvalue weighted by Gasteiger charge is 2.28. The minimum absolute atomic E-state index is 0.0719. The molecule has 0 saturated carbocycles. The molecular weight excluding hydrogens is 291 g/mol. The summed E-state index contributed by atoms with van der Waals surface area (Å²) in [6, 6.07) is 12.6. The molecular formula is C19H21FN2O. The standard InChI is InChI=1S/C19H21FN2O/c1-19(9-4-10-22-19)12-13-5-2-6-14(11-13)15-7-3-8-16(17(15)20)18(21)23/h2-3,5-8,11,22H,4,9-10,12H2,1H3,(H2,21,23). The van der Waals surface area contributed by atoms with Gasteiger partial charge in [-0.2, -0.15) is 0 Å². The van der Waals surface area contributed by atoms with Crippen LogP contribution in [0.15, 0.2) is 42.5 Å². The molecule has 3 rings (SSSR count). The highest BCUT2D eigenvalue weighted by molar-refractivity contribution is 5.94. The van der Waals surface area contributed by atoms with Crippen LogP contribution in [0.3, 0.4) is 0 Å². The predicted molar refractivity (Wildman–Crippen MR) is 89.7 cm³/mol. The van der Waals surface area contributed by atoms with Crippen molar-refractivity contribution in [2.75, 3.05) is 6.54 Å². The van der Waals surface area contributed by atoms with E-state index in [0.29, 0.717) is 5.56 Å². The van der Waals surface area contributed by atoms with Gasteiger partial charge in [-0.15, -0.1) is 0 Å². The van der Waals surface area contributed by atoms with Crippen LogP contribution in [0.4, 0.5) is 4.39 Å². The Bertz CT molecular complexity index is 736. The Morgan fingerprint density at radius 1 is 1.30 bits per heavy atom. The van der Waals surface area contributed by atoms with Crippen LogP contribution in [0.1, 0.15) is 35.7 Å². The van der Waals surface area contributed by atoms with Crippen molar-refractivity contribution in [1.82, 2.24) is 5.32 Å². The number of hydrogen-bond donors (Lipinski definition) is 2. The Kier molecular flexibility index (Phi) is 4.18. The third-order valence-electron chi connectivity index (χ3n) is 4.55. The van der Waals surface area contributed by atoms with E-state index in [1.807, 2.05) is 18.2 Å². The summed E-state index contributed by atoms with van der Waals surface area (Å²) in [5.74, 6) is -1.30. The maximum Gasteiger partial charge on any atom is 0.251 e. The Hall–Kier alpha value is -2.20. The van der Waals surface area contributed by atoms with Crippen molar-refractivity contribution in [2.45, 2.75) is 31.7 Å². The zero-order valence-electron chi connectivity index (χ0n) is 13.2. The number of hydrogen-bond acceptors (Lipinski definition) is 2. The molecule has 0 bridgehead atoms. The van der Waals surface area contributed by atoms with Gasteiger partial charge in [0.1, 0.15) is 5.82 Å². The Balaban J connectivity index is 1.94. The van der Waals surface area contributed by atoms with E-state index in [2.05, 4.69) is 18.3 Å². The molecule has 0 spiro atoms. The number of carbonyl (C=O) groups excluding carboxylic acids is 1. The average Bonchev–Trinajstić information content (AvgIpc) is 2.93. The lowest BCUT2D eigenvalue weighted by molar-refractivity contribution is 0.0996. The van der Waals surface area contributed by atoms with Gasteiger partial charge in [0.25, 0.3) is 5.91 Å². The van der Waals surface area contributed by atoms with Crippen LogP contribution in [-0.2, 0) is 6.42 Å². The maximum absolute atomic E-state index is 14.5. The fourth-order valence-electron chi connectivity index (χ4n) is 3.35. The number of carbonyl (C=O) groups is 1. The van der Waals surface area contributed by atoms with E-state index in [1.165, 1.54) is 12.5 Å². The van der Waals surface area contributed by atoms with Crippen molar-refractivity contribution in [3.8, 4) is 11.1 Å². The van der Waals surface area contributed by atoms with Crippen LogP contribution < -0.4 is 11.1 Å². The molecule has 1 atom stereocenters. The largest absolute Gasteiger partial charge is 0.366 e. The van der Waals surface area contributed by atoms with Gasteiger partial charge in [0, 0.05) is 11.1 Å². The highest BCUT2D eigenvalue weighted by Crippen LogP contribution is 2.28. The number of amides is 1. The van der Waals surface area contributed by atoms with Gasteiger partial charge in [0.15, 0.2) is 0 Å². The van der Waals surface area contributed by atoms with Gasteiger partial charge in [0.05, 0.1) is 5.56 Å². The Morgan fingerprint density at radius 3 is 2.78 bits per heavy atom. The Morgan fingerprint density at radius 2 is 2.09 bits per heavy atom. The molecule has 120 valence electrons. The fourth-order valence-corrected chi connectivity index (χ4v) is 3.35. The van der Waals surface area contributed by atoms with Crippen molar-refractivity contribution < 1.29 is 9.18 Å². The molecule has 0 aromatic heterocycles. The molecule has 1 aliphatic heterocycles. The van der Waals surface area contributed by atoms with Gasteiger partial charge >= 0.3 is 0 Å². The highest BCUT2D eigenvalue weighted by atomic mass is 19.1. The number of nitrogens with one attached hydrogen (secondary N) is 1. The van der Waals surface area contributed by atoms with Crippen molar-refractivity contribution in [2.24, 2.45) is 5.73 Å². The molecule has 2 aromatic rings. The van der Waals surface area contributed by atoms with Crippen LogP contribution in [0.5, 0.6) is 0 Å². The van der Waals surface area contributed by atoms with Crippen LogP contribution in [-0.4, -0.2) is 18.0 Å². The number of nitrogens with two attached hydrogens (primary N) is 1. The molecule has 1 unspecified atom stereocenters. The molecule has 1 aliphatic rings. The summed E-state index contributed by atoms with van der Waals surface area (Å²) in [5, 5.41) is 3.54. The van der Waals surface area contributed by atoms with E-state index in [9.17, 15) is 9.18 Å². The van der Waals surface area contributed by atoms with Crippen molar-refractivity contribution in [3.05, 3.63) is 59.4 Å². The first-order valence-corrected chi connectivity index (χ1v) is 7.91.